The minimum absolute atomic E-state index is 0.105. The molecule has 0 heterocycles. The van der Waals surface area contributed by atoms with E-state index in [0.29, 0.717) is 23.1 Å². The van der Waals surface area contributed by atoms with Crippen LogP contribution in [0.3, 0.4) is 0 Å². The van der Waals surface area contributed by atoms with Crippen LogP contribution < -0.4 is 10.5 Å². The number of benzene rings is 1. The summed E-state index contributed by atoms with van der Waals surface area (Å²) in [6.07, 6.45) is 5.74. The normalized spacial score (nSPS) is 24.1. The van der Waals surface area contributed by atoms with Gasteiger partial charge in [0.2, 0.25) is 0 Å². The van der Waals surface area contributed by atoms with Gasteiger partial charge in [0, 0.05) is 12.2 Å². The summed E-state index contributed by atoms with van der Waals surface area (Å²) in [5, 5.41) is 0. The van der Waals surface area contributed by atoms with E-state index in [1.54, 1.807) is 24.3 Å². The highest BCUT2D eigenvalue weighted by Gasteiger charge is 2.25. The maximum atomic E-state index is 11.5. The smallest absolute Gasteiger partial charge is 0.175 e. The van der Waals surface area contributed by atoms with Gasteiger partial charge in [-0.25, -0.2) is 8.42 Å². The summed E-state index contributed by atoms with van der Waals surface area (Å²) in [6.45, 7) is 0.621. The van der Waals surface area contributed by atoms with Crippen LogP contribution in [0.25, 0.3) is 0 Å². The summed E-state index contributed by atoms with van der Waals surface area (Å²) >= 11 is 0. The third-order valence-electron chi connectivity index (χ3n) is 3.66. The molecule has 1 aromatic rings. The van der Waals surface area contributed by atoms with Crippen molar-refractivity contribution in [3.63, 3.8) is 0 Å². The third kappa shape index (κ3) is 3.70. The quantitative estimate of drug-likeness (QED) is 0.917. The van der Waals surface area contributed by atoms with Crippen LogP contribution in [0.15, 0.2) is 29.2 Å². The van der Waals surface area contributed by atoms with Crippen molar-refractivity contribution < 1.29 is 13.2 Å². The molecule has 1 aliphatic rings. The van der Waals surface area contributed by atoms with Gasteiger partial charge in [-0.3, -0.25) is 0 Å². The molecule has 0 spiro atoms. The van der Waals surface area contributed by atoms with E-state index in [1.807, 2.05) is 0 Å². The van der Waals surface area contributed by atoms with Gasteiger partial charge in [-0.15, -0.1) is 0 Å². The van der Waals surface area contributed by atoms with Crippen LogP contribution in [0.1, 0.15) is 25.7 Å². The molecule has 2 unspecified atom stereocenters. The monoisotopic (exact) mass is 283 g/mol. The number of sulfone groups is 1. The Kier molecular flexibility index (Phi) is 4.47. The molecule has 2 rings (SSSR count). The van der Waals surface area contributed by atoms with Gasteiger partial charge in [0.15, 0.2) is 9.84 Å². The van der Waals surface area contributed by atoms with Gasteiger partial charge in [-0.2, -0.15) is 0 Å². The molecule has 0 aromatic heterocycles. The van der Waals surface area contributed by atoms with Gasteiger partial charge in [0.1, 0.15) is 11.9 Å². The van der Waals surface area contributed by atoms with E-state index in [9.17, 15) is 8.42 Å². The summed E-state index contributed by atoms with van der Waals surface area (Å²) < 4.78 is 29.0. The summed E-state index contributed by atoms with van der Waals surface area (Å²) in [5.74, 6) is 0.990. The standard InChI is InChI=1S/C14H21NO3S/c1-19(16,17)13-7-4-6-12(9-13)18-14-8-3-2-5-11(14)10-15/h4,6-7,9,11,14H,2-3,5,8,10,15H2,1H3. The average Bonchev–Trinajstić information content (AvgIpc) is 2.39. The fourth-order valence-electron chi connectivity index (χ4n) is 2.55. The molecule has 106 valence electrons. The molecule has 19 heavy (non-hydrogen) atoms. The Morgan fingerprint density at radius 1 is 1.32 bits per heavy atom. The molecule has 0 saturated heterocycles. The number of hydrogen-bond donors (Lipinski definition) is 1. The summed E-state index contributed by atoms with van der Waals surface area (Å²) in [5.41, 5.74) is 5.77. The van der Waals surface area contributed by atoms with Crippen molar-refractivity contribution in [3.8, 4) is 5.75 Å². The topological polar surface area (TPSA) is 69.4 Å². The Bertz CT molecular complexity index is 527. The first kappa shape index (κ1) is 14.3. The van der Waals surface area contributed by atoms with Gasteiger partial charge < -0.3 is 10.5 Å². The van der Waals surface area contributed by atoms with Crippen molar-refractivity contribution in [2.24, 2.45) is 11.7 Å². The Morgan fingerprint density at radius 3 is 2.74 bits per heavy atom. The molecule has 0 bridgehead atoms. The Morgan fingerprint density at radius 2 is 2.05 bits per heavy atom. The van der Waals surface area contributed by atoms with Gasteiger partial charge in [0.05, 0.1) is 4.90 Å². The van der Waals surface area contributed by atoms with Crippen LogP contribution in [-0.2, 0) is 9.84 Å². The first-order chi connectivity index (χ1) is 9.00. The second-order valence-corrected chi connectivity index (χ2v) is 7.20. The SMILES string of the molecule is CS(=O)(=O)c1cccc(OC2CCCCC2CN)c1. The highest BCUT2D eigenvalue weighted by atomic mass is 32.2. The van der Waals surface area contributed by atoms with Crippen LogP contribution >= 0.6 is 0 Å². The van der Waals surface area contributed by atoms with Crippen LogP contribution in [-0.4, -0.2) is 27.3 Å². The third-order valence-corrected chi connectivity index (χ3v) is 4.77. The highest BCUT2D eigenvalue weighted by molar-refractivity contribution is 7.90. The molecular formula is C14H21NO3S. The van der Waals surface area contributed by atoms with E-state index in [0.717, 1.165) is 19.3 Å². The zero-order chi connectivity index (χ0) is 13.9. The molecule has 1 fully saturated rings. The van der Waals surface area contributed by atoms with Crippen molar-refractivity contribution in [1.29, 1.82) is 0 Å². The van der Waals surface area contributed by atoms with E-state index >= 15 is 0 Å². The molecule has 0 radical (unpaired) electrons. The van der Waals surface area contributed by atoms with Crippen molar-refractivity contribution in [2.75, 3.05) is 12.8 Å². The van der Waals surface area contributed by atoms with Crippen LogP contribution in [0.5, 0.6) is 5.75 Å². The van der Waals surface area contributed by atoms with Crippen molar-refractivity contribution in [2.45, 2.75) is 36.7 Å². The van der Waals surface area contributed by atoms with E-state index < -0.39 is 9.84 Å². The maximum Gasteiger partial charge on any atom is 0.175 e. The number of ether oxygens (including phenoxy) is 1. The second kappa shape index (κ2) is 5.92. The van der Waals surface area contributed by atoms with Crippen molar-refractivity contribution >= 4 is 9.84 Å². The summed E-state index contributed by atoms with van der Waals surface area (Å²) in [6, 6.07) is 6.70. The molecular weight excluding hydrogens is 262 g/mol. The summed E-state index contributed by atoms with van der Waals surface area (Å²) in [4.78, 5) is 0.296. The molecule has 1 aromatic carbocycles. The van der Waals surface area contributed by atoms with Crippen molar-refractivity contribution in [3.05, 3.63) is 24.3 Å². The molecule has 2 N–H and O–H groups in total. The van der Waals surface area contributed by atoms with Gasteiger partial charge in [0.25, 0.3) is 0 Å². The highest BCUT2D eigenvalue weighted by Crippen LogP contribution is 2.28. The lowest BCUT2D eigenvalue weighted by molar-refractivity contribution is 0.0967. The van der Waals surface area contributed by atoms with E-state index in [1.165, 1.54) is 12.7 Å². The Balaban J connectivity index is 2.14. The lowest BCUT2D eigenvalue weighted by Crippen LogP contribution is -2.35. The largest absolute Gasteiger partial charge is 0.490 e. The fraction of sp³-hybridized carbons (Fsp3) is 0.571. The maximum absolute atomic E-state index is 11.5. The zero-order valence-electron chi connectivity index (χ0n) is 11.2. The van der Waals surface area contributed by atoms with Crippen molar-refractivity contribution in [1.82, 2.24) is 0 Å². The van der Waals surface area contributed by atoms with E-state index in [2.05, 4.69) is 0 Å². The molecule has 1 aliphatic carbocycles. The second-order valence-electron chi connectivity index (χ2n) is 5.18. The molecule has 2 atom stereocenters. The molecule has 0 aliphatic heterocycles. The molecule has 5 heteroatoms. The first-order valence-electron chi connectivity index (χ1n) is 6.67. The van der Waals surface area contributed by atoms with Gasteiger partial charge in [-0.05, 0) is 44.0 Å². The van der Waals surface area contributed by atoms with E-state index in [-0.39, 0.29) is 6.10 Å². The average molecular weight is 283 g/mol. The Labute approximate surface area is 114 Å². The minimum Gasteiger partial charge on any atom is -0.490 e. The Hall–Kier alpha value is -1.07. The van der Waals surface area contributed by atoms with Crippen LogP contribution in [0.2, 0.25) is 0 Å². The van der Waals surface area contributed by atoms with Crippen LogP contribution in [0.4, 0.5) is 0 Å². The first-order valence-corrected chi connectivity index (χ1v) is 8.56. The van der Waals surface area contributed by atoms with Crippen LogP contribution in [0, 0.1) is 5.92 Å². The predicted octanol–water partition coefficient (Wildman–Crippen LogP) is 1.99. The predicted molar refractivity (Wildman–Crippen MR) is 75.0 cm³/mol. The number of rotatable bonds is 4. The molecule has 0 amide bonds. The minimum atomic E-state index is -3.19. The zero-order valence-corrected chi connectivity index (χ0v) is 12.0. The van der Waals surface area contributed by atoms with Gasteiger partial charge >= 0.3 is 0 Å². The van der Waals surface area contributed by atoms with E-state index in [4.69, 9.17) is 10.5 Å². The fourth-order valence-corrected chi connectivity index (χ4v) is 3.21. The molecule has 4 nitrogen and oxygen atoms in total. The lowest BCUT2D eigenvalue weighted by atomic mass is 9.86. The molecule has 1 saturated carbocycles. The summed E-state index contributed by atoms with van der Waals surface area (Å²) in [7, 11) is -3.19. The lowest BCUT2D eigenvalue weighted by Gasteiger charge is -2.31. The number of nitrogens with two attached hydrogens (primary N) is 1. The number of hydrogen-bond acceptors (Lipinski definition) is 4. The van der Waals surface area contributed by atoms with Gasteiger partial charge in [-0.1, -0.05) is 12.5 Å².